The predicted octanol–water partition coefficient (Wildman–Crippen LogP) is 1.24. The van der Waals surface area contributed by atoms with E-state index >= 15 is 0 Å². The number of Topliss-reactive ketones (excluding diaryl/α,β-unsaturated/α-hetero) is 1. The molecule has 1 aromatic heterocycles. The van der Waals surface area contributed by atoms with Gasteiger partial charge in [0.15, 0.2) is 5.69 Å². The van der Waals surface area contributed by atoms with Crippen LogP contribution in [0, 0.1) is 0 Å². The lowest BCUT2D eigenvalue weighted by Crippen LogP contribution is -2.24. The number of carbonyl (C=O) groups is 1. The molecule has 0 aliphatic carbocycles. The second-order valence-electron chi connectivity index (χ2n) is 2.60. The lowest BCUT2D eigenvalue weighted by molar-refractivity contribution is -0.0890. The average molecular weight is 236 g/mol. The van der Waals surface area contributed by atoms with Crippen molar-refractivity contribution in [2.75, 3.05) is 14.2 Å². The quantitative estimate of drug-likeness (QED) is 0.739. The Morgan fingerprint density at radius 3 is 2.38 bits per heavy atom. The van der Waals surface area contributed by atoms with Crippen LogP contribution in [-0.2, 0) is 0 Å². The molecule has 0 saturated heterocycles. The monoisotopic (exact) mass is 236 g/mol. The molecule has 16 heavy (non-hydrogen) atoms. The van der Waals surface area contributed by atoms with Gasteiger partial charge in [0.2, 0.25) is 11.8 Å². The standard InChI is InChI=1S/C8H7F3N2O3/c1-15-4-3-12-5(7(13-4)16-2)6(14)8(9,10)11/h3H,1-2H3. The van der Waals surface area contributed by atoms with Crippen LogP contribution in [0.25, 0.3) is 0 Å². The summed E-state index contributed by atoms with van der Waals surface area (Å²) in [5, 5.41) is 0. The summed E-state index contributed by atoms with van der Waals surface area (Å²) in [4.78, 5) is 17.7. The molecule has 0 N–H and O–H groups in total. The molecule has 0 atom stereocenters. The van der Waals surface area contributed by atoms with E-state index in [0.717, 1.165) is 13.3 Å². The number of methoxy groups -OCH3 is 2. The van der Waals surface area contributed by atoms with Gasteiger partial charge in [0.1, 0.15) is 0 Å². The second kappa shape index (κ2) is 4.33. The molecule has 0 saturated carbocycles. The first-order chi connectivity index (χ1) is 7.40. The fourth-order valence-electron chi connectivity index (χ4n) is 0.888. The highest BCUT2D eigenvalue weighted by Crippen LogP contribution is 2.25. The van der Waals surface area contributed by atoms with Gasteiger partial charge in [-0.3, -0.25) is 4.79 Å². The van der Waals surface area contributed by atoms with Crippen molar-refractivity contribution >= 4 is 5.78 Å². The van der Waals surface area contributed by atoms with Crippen molar-refractivity contribution in [1.29, 1.82) is 0 Å². The zero-order valence-corrected chi connectivity index (χ0v) is 8.33. The molecule has 8 heteroatoms. The number of ether oxygens (including phenoxy) is 2. The summed E-state index contributed by atoms with van der Waals surface area (Å²) in [6.07, 6.45) is -4.11. The minimum Gasteiger partial charge on any atom is -0.480 e. The first-order valence-electron chi connectivity index (χ1n) is 3.96. The number of ketones is 1. The average Bonchev–Trinajstić information content (AvgIpc) is 2.26. The van der Waals surface area contributed by atoms with Crippen LogP contribution in [0.3, 0.4) is 0 Å². The fourth-order valence-corrected chi connectivity index (χ4v) is 0.888. The molecule has 1 rings (SSSR count). The lowest BCUT2D eigenvalue weighted by Gasteiger charge is -2.08. The maximum absolute atomic E-state index is 12.1. The molecule has 1 heterocycles. The van der Waals surface area contributed by atoms with Crippen molar-refractivity contribution < 1.29 is 27.4 Å². The molecule has 5 nitrogen and oxygen atoms in total. The zero-order chi connectivity index (χ0) is 12.3. The zero-order valence-electron chi connectivity index (χ0n) is 8.33. The second-order valence-corrected chi connectivity index (χ2v) is 2.60. The third kappa shape index (κ3) is 2.38. The van der Waals surface area contributed by atoms with Gasteiger partial charge >= 0.3 is 6.18 Å². The number of halogens is 3. The molecule has 0 unspecified atom stereocenters. The van der Waals surface area contributed by atoms with E-state index in [9.17, 15) is 18.0 Å². The number of hydrogen-bond acceptors (Lipinski definition) is 5. The van der Waals surface area contributed by atoms with E-state index in [2.05, 4.69) is 19.4 Å². The third-order valence-electron chi connectivity index (χ3n) is 1.59. The van der Waals surface area contributed by atoms with E-state index < -0.39 is 23.5 Å². The maximum atomic E-state index is 12.1. The molecule has 1 aromatic rings. The van der Waals surface area contributed by atoms with Gasteiger partial charge in [-0.1, -0.05) is 0 Å². The van der Waals surface area contributed by atoms with Gasteiger partial charge in [-0.15, -0.1) is 0 Å². The molecule has 0 aromatic carbocycles. The van der Waals surface area contributed by atoms with Crippen molar-refractivity contribution in [2.45, 2.75) is 6.18 Å². The Hall–Kier alpha value is -1.86. The lowest BCUT2D eigenvalue weighted by atomic mass is 10.3. The van der Waals surface area contributed by atoms with Crippen LogP contribution in [0.15, 0.2) is 6.20 Å². The molecule has 0 bridgehead atoms. The van der Waals surface area contributed by atoms with Crippen LogP contribution in [0.2, 0.25) is 0 Å². The van der Waals surface area contributed by atoms with E-state index in [4.69, 9.17) is 0 Å². The molecule has 0 spiro atoms. The Balaban J connectivity index is 3.19. The van der Waals surface area contributed by atoms with Crippen molar-refractivity contribution in [3.63, 3.8) is 0 Å². The summed E-state index contributed by atoms with van der Waals surface area (Å²) in [7, 11) is 2.34. The van der Waals surface area contributed by atoms with Gasteiger partial charge in [-0.25, -0.2) is 4.98 Å². The molecule has 0 amide bonds. The predicted molar refractivity (Wildman–Crippen MR) is 45.5 cm³/mol. The number of carbonyl (C=O) groups excluding carboxylic acids is 1. The van der Waals surface area contributed by atoms with Gasteiger partial charge in [0.25, 0.3) is 5.78 Å². The summed E-state index contributed by atoms with van der Waals surface area (Å²) in [6.45, 7) is 0. The molecular weight excluding hydrogens is 229 g/mol. The van der Waals surface area contributed by atoms with Crippen molar-refractivity contribution in [3.8, 4) is 11.8 Å². The summed E-state index contributed by atoms with van der Waals surface area (Å²) in [5.41, 5.74) is -0.893. The SMILES string of the molecule is COc1cnc(C(=O)C(F)(F)F)c(OC)n1. The van der Waals surface area contributed by atoms with Gasteiger partial charge < -0.3 is 9.47 Å². The molecule has 0 aliphatic rings. The summed E-state index contributed by atoms with van der Waals surface area (Å²) in [6, 6.07) is 0. The topological polar surface area (TPSA) is 61.3 Å². The van der Waals surface area contributed by atoms with Crippen LogP contribution in [-0.4, -0.2) is 36.1 Å². The van der Waals surface area contributed by atoms with Crippen LogP contribution in [0.4, 0.5) is 13.2 Å². The van der Waals surface area contributed by atoms with E-state index in [1.807, 2.05) is 0 Å². The summed E-state index contributed by atoms with van der Waals surface area (Å²) in [5.74, 6) is -2.68. The molecule has 88 valence electrons. The normalized spacial score (nSPS) is 11.1. The Labute approximate surface area is 88.2 Å². The minimum absolute atomic E-state index is 0.0458. The fraction of sp³-hybridized carbons (Fsp3) is 0.375. The Morgan fingerprint density at radius 1 is 1.31 bits per heavy atom. The van der Waals surface area contributed by atoms with Crippen LogP contribution >= 0.6 is 0 Å². The van der Waals surface area contributed by atoms with Gasteiger partial charge in [0.05, 0.1) is 20.4 Å². The largest absolute Gasteiger partial charge is 0.480 e. The number of nitrogens with zero attached hydrogens (tertiary/aromatic N) is 2. The van der Waals surface area contributed by atoms with E-state index in [1.54, 1.807) is 0 Å². The minimum atomic E-state index is -5.02. The smallest absolute Gasteiger partial charge is 0.456 e. The Morgan fingerprint density at radius 2 is 1.94 bits per heavy atom. The molecule has 0 fully saturated rings. The number of hydrogen-bond donors (Lipinski definition) is 0. The van der Waals surface area contributed by atoms with Crippen LogP contribution < -0.4 is 9.47 Å². The molecular formula is C8H7F3N2O3. The first-order valence-corrected chi connectivity index (χ1v) is 3.96. The van der Waals surface area contributed by atoms with E-state index in [1.165, 1.54) is 7.11 Å². The van der Waals surface area contributed by atoms with Crippen LogP contribution in [0.1, 0.15) is 10.5 Å². The molecule has 0 aliphatic heterocycles. The maximum Gasteiger partial charge on any atom is 0.456 e. The van der Waals surface area contributed by atoms with Crippen LogP contribution in [0.5, 0.6) is 11.8 Å². The Kier molecular flexibility index (Phi) is 3.31. The van der Waals surface area contributed by atoms with E-state index in [0.29, 0.717) is 0 Å². The van der Waals surface area contributed by atoms with Crippen molar-refractivity contribution in [3.05, 3.63) is 11.9 Å². The van der Waals surface area contributed by atoms with E-state index in [-0.39, 0.29) is 5.88 Å². The highest BCUT2D eigenvalue weighted by atomic mass is 19.4. The Bertz CT molecular complexity index is 406. The number of rotatable bonds is 3. The van der Waals surface area contributed by atoms with Crippen molar-refractivity contribution in [2.24, 2.45) is 0 Å². The highest BCUT2D eigenvalue weighted by Gasteiger charge is 2.42. The van der Waals surface area contributed by atoms with Gasteiger partial charge in [0, 0.05) is 0 Å². The number of alkyl halides is 3. The van der Waals surface area contributed by atoms with Crippen molar-refractivity contribution in [1.82, 2.24) is 9.97 Å². The first kappa shape index (κ1) is 12.2. The third-order valence-corrected chi connectivity index (χ3v) is 1.59. The highest BCUT2D eigenvalue weighted by molar-refractivity contribution is 6.00. The molecule has 0 radical (unpaired) electrons. The summed E-state index contributed by atoms with van der Waals surface area (Å²) >= 11 is 0. The number of aromatic nitrogens is 2. The summed E-state index contributed by atoms with van der Waals surface area (Å²) < 4.78 is 45.5. The van der Waals surface area contributed by atoms with Gasteiger partial charge in [-0.2, -0.15) is 18.2 Å². The van der Waals surface area contributed by atoms with Gasteiger partial charge in [-0.05, 0) is 0 Å².